The Morgan fingerprint density at radius 2 is 1.00 bits per heavy atom. The van der Waals surface area contributed by atoms with Gasteiger partial charge in [0.2, 0.25) is 5.43 Å². The monoisotopic (exact) mass is 615 g/mol. The zero-order valence-electron chi connectivity index (χ0n) is 25.6. The molecule has 0 bridgehead atoms. The normalized spacial score (nSPS) is 14.0. The Morgan fingerprint density at radius 1 is 0.417 bits per heavy atom. The third-order valence-corrected chi connectivity index (χ3v) is 10.5. The molecule has 1 spiro atoms. The second-order valence-electron chi connectivity index (χ2n) is 12.7. The molecule has 0 saturated heterocycles. The first-order chi connectivity index (χ1) is 23.7. The summed E-state index contributed by atoms with van der Waals surface area (Å²) < 4.78 is 13.1. The molecule has 2 aliphatic rings. The molecule has 9 aromatic rings. The Bertz CT molecular complexity index is 2850. The van der Waals surface area contributed by atoms with E-state index in [4.69, 9.17) is 8.83 Å². The number of hydrogen-bond acceptors (Lipinski definition) is 4. The average Bonchev–Trinajstić information content (AvgIpc) is 3.66. The fourth-order valence-electron chi connectivity index (χ4n) is 8.57. The van der Waals surface area contributed by atoms with Crippen molar-refractivity contribution in [1.82, 2.24) is 0 Å². The highest BCUT2D eigenvalue weighted by molar-refractivity contribution is 6.11. The lowest BCUT2D eigenvalue weighted by atomic mass is 9.64. The summed E-state index contributed by atoms with van der Waals surface area (Å²) in [7, 11) is 0. The van der Waals surface area contributed by atoms with Crippen molar-refractivity contribution in [1.29, 1.82) is 0 Å². The lowest BCUT2D eigenvalue weighted by Crippen LogP contribution is -2.36. The Kier molecular flexibility index (Phi) is 4.89. The van der Waals surface area contributed by atoms with Crippen LogP contribution in [0, 0.1) is 0 Å². The maximum atomic E-state index is 13.9. The van der Waals surface area contributed by atoms with E-state index in [-0.39, 0.29) is 5.43 Å². The number of anilines is 3. The van der Waals surface area contributed by atoms with E-state index in [1.807, 2.05) is 36.4 Å². The van der Waals surface area contributed by atoms with Crippen LogP contribution in [0.5, 0.6) is 0 Å². The zero-order chi connectivity index (χ0) is 31.6. The molecule has 1 aliphatic heterocycles. The molecule has 0 N–H and O–H groups in total. The summed E-state index contributed by atoms with van der Waals surface area (Å²) in [6.07, 6.45) is 0. The van der Waals surface area contributed by atoms with Crippen LogP contribution in [0.4, 0.5) is 17.1 Å². The van der Waals surface area contributed by atoms with Gasteiger partial charge in [0.15, 0.2) is 5.58 Å². The first-order valence-electron chi connectivity index (χ1n) is 16.2. The fourth-order valence-corrected chi connectivity index (χ4v) is 8.57. The molecule has 2 aromatic heterocycles. The Labute approximate surface area is 274 Å². The number of para-hydroxylation sites is 5. The van der Waals surface area contributed by atoms with E-state index in [2.05, 4.69) is 120 Å². The third kappa shape index (κ3) is 3.07. The van der Waals surface area contributed by atoms with Crippen LogP contribution in [0.1, 0.15) is 22.3 Å². The second kappa shape index (κ2) is 9.11. The molecule has 0 atom stereocenters. The quantitative estimate of drug-likeness (QED) is 0.172. The van der Waals surface area contributed by atoms with Gasteiger partial charge in [0.1, 0.15) is 16.7 Å². The van der Waals surface area contributed by atoms with Gasteiger partial charge in [-0.2, -0.15) is 0 Å². The number of hydrogen-bond donors (Lipinski definition) is 0. The minimum Gasteiger partial charge on any atom is -0.456 e. The van der Waals surface area contributed by atoms with Crippen LogP contribution in [-0.2, 0) is 5.41 Å². The largest absolute Gasteiger partial charge is 0.456 e. The molecule has 0 unspecified atom stereocenters. The first-order valence-corrected chi connectivity index (χ1v) is 16.2. The topological polar surface area (TPSA) is 46.6 Å². The summed E-state index contributed by atoms with van der Waals surface area (Å²) in [4.78, 5) is 16.2. The van der Waals surface area contributed by atoms with Gasteiger partial charge in [0.05, 0.1) is 33.2 Å². The van der Waals surface area contributed by atoms with Crippen molar-refractivity contribution in [2.75, 3.05) is 4.90 Å². The fraction of sp³-hybridized carbons (Fsp3) is 0.0227. The minimum absolute atomic E-state index is 0.0115. The number of fused-ring (bicyclic) bond motifs is 14. The first kappa shape index (κ1) is 25.8. The molecule has 0 amide bonds. The standard InChI is InChI=1S/C44H25NO3/c46-42-29-14-3-10-23-40(29)47-41-25-35-30(24-31(41)42)26-12-1-4-16-32(26)44(35)33-17-5-7-19-36(33)45(37-20-8-6-18-34(37)44)38-21-11-15-28-27-13-2-9-22-39(27)48-43(28)38/h1-25H. The molecule has 7 aromatic carbocycles. The van der Waals surface area contributed by atoms with Crippen LogP contribution in [0.25, 0.3) is 55.0 Å². The van der Waals surface area contributed by atoms with Gasteiger partial charge in [-0.3, -0.25) is 4.79 Å². The van der Waals surface area contributed by atoms with Gasteiger partial charge in [-0.15, -0.1) is 0 Å². The van der Waals surface area contributed by atoms with Crippen molar-refractivity contribution in [3.63, 3.8) is 0 Å². The molecule has 224 valence electrons. The van der Waals surface area contributed by atoms with Crippen molar-refractivity contribution in [3.05, 3.63) is 184 Å². The predicted molar refractivity (Wildman–Crippen MR) is 193 cm³/mol. The van der Waals surface area contributed by atoms with Gasteiger partial charge in [-0.05, 0) is 81.9 Å². The van der Waals surface area contributed by atoms with Gasteiger partial charge in [-0.1, -0.05) is 103 Å². The van der Waals surface area contributed by atoms with Gasteiger partial charge in [0, 0.05) is 10.8 Å². The SMILES string of the molecule is O=c1c2ccccc2oc2cc3c(cc12)-c1ccccc1C31c2ccccc2N(c2cccc3c2oc2ccccc23)c2ccccc21. The molecule has 48 heavy (non-hydrogen) atoms. The van der Waals surface area contributed by atoms with Gasteiger partial charge in [-0.25, -0.2) is 0 Å². The average molecular weight is 616 g/mol. The number of benzene rings is 7. The summed E-state index contributed by atoms with van der Waals surface area (Å²) in [6, 6.07) is 52.4. The van der Waals surface area contributed by atoms with E-state index in [0.717, 1.165) is 66.8 Å². The summed E-state index contributed by atoms with van der Waals surface area (Å²) in [5.41, 5.74) is 12.2. The van der Waals surface area contributed by atoms with Crippen LogP contribution in [0.3, 0.4) is 0 Å². The smallest absolute Gasteiger partial charge is 0.200 e. The highest BCUT2D eigenvalue weighted by Gasteiger charge is 2.52. The van der Waals surface area contributed by atoms with Crippen LogP contribution < -0.4 is 10.3 Å². The molecule has 4 nitrogen and oxygen atoms in total. The number of rotatable bonds is 1. The lowest BCUT2D eigenvalue weighted by Gasteiger charge is -2.44. The maximum Gasteiger partial charge on any atom is 0.200 e. The van der Waals surface area contributed by atoms with Crippen molar-refractivity contribution >= 4 is 60.9 Å². The third-order valence-electron chi connectivity index (χ3n) is 10.5. The lowest BCUT2D eigenvalue weighted by molar-refractivity contribution is 0.657. The minimum atomic E-state index is -0.657. The van der Waals surface area contributed by atoms with E-state index in [9.17, 15) is 4.79 Å². The summed E-state index contributed by atoms with van der Waals surface area (Å²) in [5, 5.41) is 3.37. The van der Waals surface area contributed by atoms with Gasteiger partial charge >= 0.3 is 0 Å². The van der Waals surface area contributed by atoms with Crippen molar-refractivity contribution in [3.8, 4) is 11.1 Å². The van der Waals surface area contributed by atoms with Crippen molar-refractivity contribution in [2.24, 2.45) is 0 Å². The highest BCUT2D eigenvalue weighted by Crippen LogP contribution is 2.64. The molecule has 0 radical (unpaired) electrons. The van der Waals surface area contributed by atoms with Gasteiger partial charge < -0.3 is 13.7 Å². The van der Waals surface area contributed by atoms with Crippen LogP contribution >= 0.6 is 0 Å². The molecule has 1 aliphatic carbocycles. The van der Waals surface area contributed by atoms with Crippen molar-refractivity contribution < 1.29 is 8.83 Å². The van der Waals surface area contributed by atoms with E-state index < -0.39 is 5.41 Å². The van der Waals surface area contributed by atoms with E-state index in [1.54, 1.807) is 0 Å². The second-order valence-corrected chi connectivity index (χ2v) is 12.7. The predicted octanol–water partition coefficient (Wildman–Crippen LogP) is 11.0. The molecule has 3 heterocycles. The van der Waals surface area contributed by atoms with Crippen LogP contribution in [-0.4, -0.2) is 0 Å². The van der Waals surface area contributed by atoms with Crippen LogP contribution in [0.2, 0.25) is 0 Å². The number of nitrogens with zero attached hydrogens (tertiary/aromatic N) is 1. The molecule has 4 heteroatoms. The van der Waals surface area contributed by atoms with Crippen molar-refractivity contribution in [2.45, 2.75) is 5.41 Å². The molecular formula is C44H25NO3. The summed E-state index contributed by atoms with van der Waals surface area (Å²) >= 11 is 0. The van der Waals surface area contributed by atoms with E-state index in [0.29, 0.717) is 21.9 Å². The van der Waals surface area contributed by atoms with Gasteiger partial charge in [0.25, 0.3) is 0 Å². The Morgan fingerprint density at radius 3 is 1.77 bits per heavy atom. The van der Waals surface area contributed by atoms with E-state index in [1.165, 1.54) is 5.56 Å². The highest BCUT2D eigenvalue weighted by atomic mass is 16.3. The maximum absolute atomic E-state index is 13.9. The van der Waals surface area contributed by atoms with Crippen LogP contribution in [0.15, 0.2) is 165 Å². The number of furan rings is 1. The Hall–Kier alpha value is -6.39. The zero-order valence-corrected chi connectivity index (χ0v) is 25.6. The molecular weight excluding hydrogens is 590 g/mol. The molecule has 0 saturated carbocycles. The Balaban J connectivity index is 1.28. The molecule has 0 fully saturated rings. The molecule has 11 rings (SSSR count). The van der Waals surface area contributed by atoms with E-state index >= 15 is 0 Å². The summed E-state index contributed by atoms with van der Waals surface area (Å²) in [6.45, 7) is 0. The summed E-state index contributed by atoms with van der Waals surface area (Å²) in [5.74, 6) is 0.